The SMILES string of the molecule is CCOC(=O)CCN(C(=O)OCc1ccccc1)N(C)C(=O)OCc1ccccc1. The fraction of sp³-hybridized carbons (Fsp3) is 0.318. The van der Waals surface area contributed by atoms with Crippen LogP contribution in [0.4, 0.5) is 9.59 Å². The number of amides is 2. The predicted molar refractivity (Wildman–Crippen MR) is 109 cm³/mol. The maximum absolute atomic E-state index is 12.6. The Morgan fingerprint density at radius 3 is 1.77 bits per heavy atom. The highest BCUT2D eigenvalue weighted by Gasteiger charge is 2.26. The number of esters is 1. The molecule has 160 valence electrons. The summed E-state index contributed by atoms with van der Waals surface area (Å²) in [6, 6.07) is 18.3. The third kappa shape index (κ3) is 7.46. The zero-order valence-electron chi connectivity index (χ0n) is 17.2. The minimum Gasteiger partial charge on any atom is -0.466 e. The molecule has 0 aliphatic carbocycles. The van der Waals surface area contributed by atoms with Crippen LogP contribution in [0, 0.1) is 0 Å². The van der Waals surface area contributed by atoms with Gasteiger partial charge in [0.25, 0.3) is 0 Å². The molecule has 0 spiro atoms. The highest BCUT2D eigenvalue weighted by atomic mass is 16.6. The van der Waals surface area contributed by atoms with Crippen molar-refractivity contribution in [2.24, 2.45) is 0 Å². The first kappa shape index (κ1) is 22.7. The maximum Gasteiger partial charge on any atom is 0.429 e. The van der Waals surface area contributed by atoms with Crippen LogP contribution in [0.2, 0.25) is 0 Å². The summed E-state index contributed by atoms with van der Waals surface area (Å²) in [6.07, 6.45) is -1.62. The molecule has 2 rings (SSSR count). The first-order chi connectivity index (χ1) is 14.5. The van der Waals surface area contributed by atoms with Crippen LogP contribution in [-0.2, 0) is 32.2 Å². The zero-order chi connectivity index (χ0) is 21.8. The van der Waals surface area contributed by atoms with E-state index in [4.69, 9.17) is 14.2 Å². The van der Waals surface area contributed by atoms with Crippen LogP contribution in [0.15, 0.2) is 60.7 Å². The highest BCUT2D eigenvalue weighted by Crippen LogP contribution is 2.09. The Hall–Kier alpha value is -3.55. The molecule has 0 aromatic heterocycles. The number of hydrazine groups is 1. The molecule has 0 bridgehead atoms. The third-order valence-electron chi connectivity index (χ3n) is 4.08. The summed E-state index contributed by atoms with van der Waals surface area (Å²) in [5.74, 6) is -0.482. The molecule has 2 amide bonds. The number of nitrogens with zero attached hydrogens (tertiary/aromatic N) is 2. The Labute approximate surface area is 175 Å². The number of carbonyl (C=O) groups is 3. The topological polar surface area (TPSA) is 85.4 Å². The quantitative estimate of drug-likeness (QED) is 0.371. The van der Waals surface area contributed by atoms with Gasteiger partial charge in [0.1, 0.15) is 13.2 Å². The Balaban J connectivity index is 1.99. The molecule has 0 saturated carbocycles. The monoisotopic (exact) mass is 414 g/mol. The lowest BCUT2D eigenvalue weighted by Crippen LogP contribution is -2.48. The summed E-state index contributed by atoms with van der Waals surface area (Å²) < 4.78 is 15.5. The van der Waals surface area contributed by atoms with Gasteiger partial charge in [-0.3, -0.25) is 4.79 Å². The molecule has 2 aromatic rings. The van der Waals surface area contributed by atoms with Gasteiger partial charge in [0.05, 0.1) is 19.6 Å². The molecule has 0 fully saturated rings. The predicted octanol–water partition coefficient (Wildman–Crippen LogP) is 3.76. The van der Waals surface area contributed by atoms with Gasteiger partial charge in [-0.15, -0.1) is 0 Å². The summed E-state index contributed by atoms with van der Waals surface area (Å²) in [7, 11) is 1.38. The van der Waals surface area contributed by atoms with Crippen molar-refractivity contribution in [2.45, 2.75) is 26.6 Å². The minimum absolute atomic E-state index is 0.0302. The summed E-state index contributed by atoms with van der Waals surface area (Å²) in [5, 5.41) is 2.02. The summed E-state index contributed by atoms with van der Waals surface area (Å²) in [5.41, 5.74) is 1.61. The van der Waals surface area contributed by atoms with Crippen LogP contribution in [0.25, 0.3) is 0 Å². The molecule has 30 heavy (non-hydrogen) atoms. The van der Waals surface area contributed by atoms with Crippen LogP contribution in [-0.4, -0.2) is 48.4 Å². The smallest absolute Gasteiger partial charge is 0.429 e. The average Bonchev–Trinajstić information content (AvgIpc) is 2.77. The molecular weight excluding hydrogens is 388 g/mol. The fourth-order valence-electron chi connectivity index (χ4n) is 2.50. The van der Waals surface area contributed by atoms with E-state index in [9.17, 15) is 14.4 Å². The van der Waals surface area contributed by atoms with E-state index in [1.165, 1.54) is 7.05 Å². The van der Waals surface area contributed by atoms with E-state index < -0.39 is 18.2 Å². The highest BCUT2D eigenvalue weighted by molar-refractivity contribution is 5.75. The van der Waals surface area contributed by atoms with Crippen LogP contribution in [0.1, 0.15) is 24.5 Å². The lowest BCUT2D eigenvalue weighted by molar-refractivity contribution is -0.144. The van der Waals surface area contributed by atoms with Crippen molar-refractivity contribution in [1.29, 1.82) is 0 Å². The lowest BCUT2D eigenvalue weighted by atomic mass is 10.2. The Kier molecular flexibility index (Phi) is 9.18. The molecule has 0 aliphatic rings. The fourth-order valence-corrected chi connectivity index (χ4v) is 2.50. The Morgan fingerprint density at radius 1 is 0.767 bits per heavy atom. The standard InChI is InChI=1S/C22H26N2O6/c1-3-28-20(25)14-15-24(22(27)30-17-19-12-8-5-9-13-19)23(2)21(26)29-16-18-10-6-4-7-11-18/h4-13H,3,14-17H2,1-2H3. The first-order valence-corrected chi connectivity index (χ1v) is 9.59. The van der Waals surface area contributed by atoms with E-state index >= 15 is 0 Å². The van der Waals surface area contributed by atoms with Crippen molar-refractivity contribution in [3.8, 4) is 0 Å². The van der Waals surface area contributed by atoms with Crippen molar-refractivity contribution in [2.75, 3.05) is 20.2 Å². The zero-order valence-corrected chi connectivity index (χ0v) is 17.2. The van der Waals surface area contributed by atoms with Crippen molar-refractivity contribution >= 4 is 18.2 Å². The number of hydrogen-bond acceptors (Lipinski definition) is 6. The van der Waals surface area contributed by atoms with Gasteiger partial charge < -0.3 is 14.2 Å². The molecule has 8 nitrogen and oxygen atoms in total. The van der Waals surface area contributed by atoms with Gasteiger partial charge in [-0.1, -0.05) is 60.7 Å². The second-order valence-corrected chi connectivity index (χ2v) is 6.28. The lowest BCUT2D eigenvalue weighted by Gasteiger charge is -2.30. The second-order valence-electron chi connectivity index (χ2n) is 6.28. The van der Waals surface area contributed by atoms with Crippen LogP contribution in [0.5, 0.6) is 0 Å². The van der Waals surface area contributed by atoms with Crippen molar-refractivity contribution in [3.05, 3.63) is 71.8 Å². The van der Waals surface area contributed by atoms with Gasteiger partial charge in [-0.25, -0.2) is 19.6 Å². The van der Waals surface area contributed by atoms with Gasteiger partial charge in [0.15, 0.2) is 0 Å². The maximum atomic E-state index is 12.6. The van der Waals surface area contributed by atoms with Gasteiger partial charge >= 0.3 is 18.2 Å². The van der Waals surface area contributed by atoms with E-state index in [0.29, 0.717) is 0 Å². The average molecular weight is 414 g/mol. The normalized spacial score (nSPS) is 10.1. The molecule has 0 aliphatic heterocycles. The van der Waals surface area contributed by atoms with Gasteiger partial charge in [-0.2, -0.15) is 0 Å². The molecular formula is C22H26N2O6. The van der Waals surface area contributed by atoms with Gasteiger partial charge in [0.2, 0.25) is 0 Å². The number of hydrogen-bond donors (Lipinski definition) is 0. The summed E-state index contributed by atoms with van der Waals surface area (Å²) in [4.78, 5) is 36.8. The number of ether oxygens (including phenoxy) is 3. The molecule has 0 heterocycles. The summed E-state index contributed by atoms with van der Waals surface area (Å²) in [6.45, 7) is 1.91. The van der Waals surface area contributed by atoms with Crippen molar-refractivity contribution in [3.63, 3.8) is 0 Å². The number of rotatable bonds is 8. The van der Waals surface area contributed by atoms with Crippen LogP contribution < -0.4 is 0 Å². The molecule has 0 radical (unpaired) electrons. The van der Waals surface area contributed by atoms with E-state index in [0.717, 1.165) is 21.1 Å². The second kappa shape index (κ2) is 12.1. The van der Waals surface area contributed by atoms with Crippen molar-refractivity contribution in [1.82, 2.24) is 10.0 Å². The van der Waals surface area contributed by atoms with E-state index in [2.05, 4.69) is 0 Å². The first-order valence-electron chi connectivity index (χ1n) is 9.59. The molecule has 0 N–H and O–H groups in total. The van der Waals surface area contributed by atoms with Crippen LogP contribution >= 0.6 is 0 Å². The van der Waals surface area contributed by atoms with E-state index in [1.807, 2.05) is 60.7 Å². The molecule has 0 atom stereocenters. The molecule has 2 aromatic carbocycles. The molecule has 0 saturated heterocycles. The largest absolute Gasteiger partial charge is 0.466 e. The Morgan fingerprint density at radius 2 is 1.27 bits per heavy atom. The Bertz CT molecular complexity index is 813. The van der Waals surface area contributed by atoms with E-state index in [1.54, 1.807) is 6.92 Å². The number of benzene rings is 2. The van der Waals surface area contributed by atoms with Gasteiger partial charge in [0, 0.05) is 7.05 Å². The van der Waals surface area contributed by atoms with E-state index in [-0.39, 0.29) is 32.8 Å². The third-order valence-corrected chi connectivity index (χ3v) is 4.08. The van der Waals surface area contributed by atoms with Gasteiger partial charge in [-0.05, 0) is 18.1 Å². The summed E-state index contributed by atoms with van der Waals surface area (Å²) >= 11 is 0. The molecule has 0 unspecified atom stereocenters. The minimum atomic E-state index is -0.776. The molecule has 8 heteroatoms. The van der Waals surface area contributed by atoms with Crippen LogP contribution in [0.3, 0.4) is 0 Å². The number of carbonyl (C=O) groups excluding carboxylic acids is 3. The van der Waals surface area contributed by atoms with Crippen molar-refractivity contribution < 1.29 is 28.6 Å².